The molecule has 1 fully saturated rings. The van der Waals surface area contributed by atoms with E-state index in [1.165, 1.54) is 39.0 Å². The van der Waals surface area contributed by atoms with Crippen molar-refractivity contribution in [2.75, 3.05) is 54.0 Å². The van der Waals surface area contributed by atoms with Crippen molar-refractivity contribution in [2.45, 2.75) is 12.8 Å². The third-order valence-electron chi connectivity index (χ3n) is 2.68. The predicted octanol–water partition coefficient (Wildman–Crippen LogP) is 0.533. The Bertz CT molecular complexity index is 138. The van der Waals surface area contributed by atoms with Crippen molar-refractivity contribution in [2.24, 2.45) is 0 Å². The third-order valence-corrected chi connectivity index (χ3v) is 2.68. The highest BCUT2D eigenvalue weighted by Crippen LogP contribution is 1.99. The number of hydrogen-bond donors (Lipinski definition) is 0. The zero-order valence-corrected chi connectivity index (χ0v) is 9.29. The molecule has 1 heterocycles. The lowest BCUT2D eigenvalue weighted by atomic mass is 10.2. The molecule has 0 N–H and O–H groups in total. The lowest BCUT2D eigenvalue weighted by Crippen LogP contribution is -2.39. The highest BCUT2D eigenvalue weighted by Gasteiger charge is 2.07. The van der Waals surface area contributed by atoms with Gasteiger partial charge >= 0.3 is 0 Å². The fourth-order valence-corrected chi connectivity index (χ4v) is 1.77. The van der Waals surface area contributed by atoms with Gasteiger partial charge in [-0.25, -0.2) is 0 Å². The van der Waals surface area contributed by atoms with Gasteiger partial charge in [-0.05, 0) is 47.1 Å². The number of hydrogen-bond acceptors (Lipinski definition) is 3. The normalized spacial score (nSPS) is 26.1. The van der Waals surface area contributed by atoms with Crippen LogP contribution in [0, 0.1) is 0 Å². The molecule has 1 rings (SSSR count). The van der Waals surface area contributed by atoms with Crippen LogP contribution in [0.15, 0.2) is 0 Å². The highest BCUT2D eigenvalue weighted by molar-refractivity contribution is 4.61. The Morgan fingerprint density at radius 3 is 1.77 bits per heavy atom. The first kappa shape index (κ1) is 11.0. The van der Waals surface area contributed by atoms with E-state index < -0.39 is 0 Å². The maximum absolute atomic E-state index is 2.43. The second kappa shape index (κ2) is 5.58. The van der Waals surface area contributed by atoms with Crippen LogP contribution in [-0.2, 0) is 0 Å². The van der Waals surface area contributed by atoms with E-state index in [4.69, 9.17) is 0 Å². The molecule has 3 nitrogen and oxygen atoms in total. The van der Waals surface area contributed by atoms with Crippen LogP contribution < -0.4 is 0 Å². The zero-order valence-electron chi connectivity index (χ0n) is 9.29. The summed E-state index contributed by atoms with van der Waals surface area (Å²) in [7, 11) is 6.63. The van der Waals surface area contributed by atoms with E-state index in [0.717, 1.165) is 6.67 Å². The highest BCUT2D eigenvalue weighted by atomic mass is 15.3. The van der Waals surface area contributed by atoms with Crippen molar-refractivity contribution in [3.63, 3.8) is 0 Å². The molecule has 0 aromatic rings. The van der Waals surface area contributed by atoms with E-state index in [-0.39, 0.29) is 0 Å². The van der Waals surface area contributed by atoms with Crippen molar-refractivity contribution < 1.29 is 0 Å². The molecule has 0 radical (unpaired) electrons. The van der Waals surface area contributed by atoms with Crippen LogP contribution in [0.2, 0.25) is 0 Å². The molecule has 13 heavy (non-hydrogen) atoms. The standard InChI is InChI=1S/C10H23N3/c1-11-6-4-5-7-12(2)10-13(3)9-8-11/h4-10H2,1-3H3. The Morgan fingerprint density at radius 1 is 0.615 bits per heavy atom. The number of rotatable bonds is 0. The van der Waals surface area contributed by atoms with Crippen molar-refractivity contribution in [1.82, 2.24) is 14.7 Å². The summed E-state index contributed by atoms with van der Waals surface area (Å²) in [5.41, 5.74) is 0. The summed E-state index contributed by atoms with van der Waals surface area (Å²) in [4.78, 5) is 7.23. The van der Waals surface area contributed by atoms with Gasteiger partial charge in [0.2, 0.25) is 0 Å². The summed E-state index contributed by atoms with van der Waals surface area (Å²) in [6.07, 6.45) is 2.67. The molecular formula is C10H23N3. The summed E-state index contributed by atoms with van der Waals surface area (Å²) in [6.45, 7) is 5.97. The average molecular weight is 185 g/mol. The van der Waals surface area contributed by atoms with Gasteiger partial charge in [-0.1, -0.05) is 0 Å². The molecule has 78 valence electrons. The van der Waals surface area contributed by atoms with Crippen LogP contribution >= 0.6 is 0 Å². The fourth-order valence-electron chi connectivity index (χ4n) is 1.77. The van der Waals surface area contributed by atoms with Crippen LogP contribution in [-0.4, -0.2) is 68.7 Å². The lowest BCUT2D eigenvalue weighted by molar-refractivity contribution is 0.151. The molecule has 0 aliphatic carbocycles. The smallest absolute Gasteiger partial charge is 0.0501 e. The van der Waals surface area contributed by atoms with Gasteiger partial charge in [-0.2, -0.15) is 0 Å². The van der Waals surface area contributed by atoms with Crippen molar-refractivity contribution in [3.05, 3.63) is 0 Å². The SMILES string of the molecule is CN1CCCCN(C)CN(C)CC1. The Labute approximate surface area is 82.3 Å². The Kier molecular flexibility index (Phi) is 4.70. The first-order valence-corrected chi connectivity index (χ1v) is 5.24. The Morgan fingerprint density at radius 2 is 1.08 bits per heavy atom. The zero-order chi connectivity index (χ0) is 9.68. The van der Waals surface area contributed by atoms with Crippen molar-refractivity contribution in [1.29, 1.82) is 0 Å². The third kappa shape index (κ3) is 4.60. The Hall–Kier alpha value is -0.120. The van der Waals surface area contributed by atoms with Gasteiger partial charge in [-0.3, -0.25) is 9.80 Å². The second-order valence-corrected chi connectivity index (χ2v) is 4.31. The topological polar surface area (TPSA) is 9.72 Å². The number of nitrogens with zero attached hydrogens (tertiary/aromatic N) is 3. The van der Waals surface area contributed by atoms with Crippen LogP contribution in [0.1, 0.15) is 12.8 Å². The molecule has 1 aliphatic heterocycles. The first-order valence-electron chi connectivity index (χ1n) is 5.24. The van der Waals surface area contributed by atoms with Gasteiger partial charge in [0, 0.05) is 13.1 Å². The molecule has 3 heteroatoms. The van der Waals surface area contributed by atoms with Crippen LogP contribution in [0.3, 0.4) is 0 Å². The molecule has 0 spiro atoms. The monoisotopic (exact) mass is 185 g/mol. The summed E-state index contributed by atoms with van der Waals surface area (Å²) in [6, 6.07) is 0. The Balaban J connectivity index is 2.32. The number of likely N-dealkylation sites (N-methyl/N-ethyl adjacent to an activating group) is 2. The summed E-state index contributed by atoms with van der Waals surface area (Å²) >= 11 is 0. The predicted molar refractivity (Wildman–Crippen MR) is 56.9 cm³/mol. The van der Waals surface area contributed by atoms with E-state index in [0.29, 0.717) is 0 Å². The molecule has 0 aromatic carbocycles. The molecule has 0 amide bonds. The van der Waals surface area contributed by atoms with Gasteiger partial charge in [0.05, 0.1) is 6.67 Å². The lowest BCUT2D eigenvalue weighted by Gasteiger charge is -2.28. The molecule has 0 aromatic heterocycles. The molecule has 0 bridgehead atoms. The molecule has 0 saturated carbocycles. The second-order valence-electron chi connectivity index (χ2n) is 4.31. The van der Waals surface area contributed by atoms with Crippen LogP contribution in [0.4, 0.5) is 0 Å². The molecule has 0 unspecified atom stereocenters. The minimum Gasteiger partial charge on any atom is -0.305 e. The minimum absolute atomic E-state index is 1.10. The van der Waals surface area contributed by atoms with Gasteiger partial charge in [0.1, 0.15) is 0 Å². The van der Waals surface area contributed by atoms with Crippen molar-refractivity contribution >= 4 is 0 Å². The maximum atomic E-state index is 2.43. The van der Waals surface area contributed by atoms with Crippen LogP contribution in [0.5, 0.6) is 0 Å². The minimum atomic E-state index is 1.10. The van der Waals surface area contributed by atoms with Gasteiger partial charge in [0.15, 0.2) is 0 Å². The molecule has 0 atom stereocenters. The maximum Gasteiger partial charge on any atom is 0.0501 e. The largest absolute Gasteiger partial charge is 0.305 e. The average Bonchev–Trinajstić information content (AvgIpc) is 2.08. The van der Waals surface area contributed by atoms with E-state index in [1.807, 2.05) is 0 Å². The summed E-state index contributed by atoms with van der Waals surface area (Å²) < 4.78 is 0. The quantitative estimate of drug-likeness (QED) is 0.545. The van der Waals surface area contributed by atoms with Gasteiger partial charge < -0.3 is 4.90 Å². The van der Waals surface area contributed by atoms with E-state index in [2.05, 4.69) is 35.8 Å². The van der Waals surface area contributed by atoms with E-state index in [1.54, 1.807) is 0 Å². The van der Waals surface area contributed by atoms with Gasteiger partial charge in [0.25, 0.3) is 0 Å². The van der Waals surface area contributed by atoms with Crippen molar-refractivity contribution in [3.8, 4) is 0 Å². The summed E-state index contributed by atoms with van der Waals surface area (Å²) in [5.74, 6) is 0. The molecule has 1 saturated heterocycles. The first-order chi connectivity index (χ1) is 6.18. The van der Waals surface area contributed by atoms with E-state index >= 15 is 0 Å². The molecule has 1 aliphatic rings. The van der Waals surface area contributed by atoms with Gasteiger partial charge in [-0.15, -0.1) is 0 Å². The summed E-state index contributed by atoms with van der Waals surface area (Å²) in [5, 5.41) is 0. The van der Waals surface area contributed by atoms with E-state index in [9.17, 15) is 0 Å². The molecular weight excluding hydrogens is 162 g/mol. The fraction of sp³-hybridized carbons (Fsp3) is 1.00. The van der Waals surface area contributed by atoms with Crippen LogP contribution in [0.25, 0.3) is 0 Å².